The molecule has 2 rings (SSSR count). The Morgan fingerprint density at radius 3 is 2.90 bits per heavy atom. The number of carboxylic acid groups (broad SMARTS) is 1. The van der Waals surface area contributed by atoms with Gasteiger partial charge >= 0.3 is 5.97 Å². The molecule has 0 bridgehead atoms. The van der Waals surface area contributed by atoms with Crippen molar-refractivity contribution in [2.75, 3.05) is 19.7 Å². The van der Waals surface area contributed by atoms with E-state index in [1.54, 1.807) is 0 Å². The second kappa shape index (κ2) is 5.99. The van der Waals surface area contributed by atoms with Crippen LogP contribution in [-0.4, -0.2) is 41.2 Å². The van der Waals surface area contributed by atoms with Crippen LogP contribution < -0.4 is 10.5 Å². The van der Waals surface area contributed by atoms with E-state index in [4.69, 9.17) is 27.2 Å². The Morgan fingerprint density at radius 1 is 1.60 bits per heavy atom. The Morgan fingerprint density at radius 2 is 2.35 bits per heavy atom. The van der Waals surface area contributed by atoms with Gasteiger partial charge in [0.25, 0.3) is 0 Å². The van der Waals surface area contributed by atoms with Crippen molar-refractivity contribution < 1.29 is 14.6 Å². The fraction of sp³-hybridized carbons (Fsp3) is 0.500. The summed E-state index contributed by atoms with van der Waals surface area (Å²) in [7, 11) is 0. The predicted molar refractivity (Wildman–Crippen MR) is 77.1 cm³/mol. The van der Waals surface area contributed by atoms with Crippen LogP contribution in [0.15, 0.2) is 18.2 Å². The largest absolute Gasteiger partial charge is 0.492 e. The maximum absolute atomic E-state index is 11.1. The molecule has 1 fully saturated rings. The van der Waals surface area contributed by atoms with E-state index in [2.05, 4.69) is 0 Å². The lowest BCUT2D eigenvalue weighted by Gasteiger charge is -2.20. The molecule has 5 nitrogen and oxygen atoms in total. The zero-order chi connectivity index (χ0) is 14.8. The standard InChI is InChI=1S/C14H19ClN2O3/c1-2-20-12-4-3-10(7-11(12)15)8-17-6-5-14(16,9-17)13(18)19/h3-4,7H,2,5-6,8-9,16H2,1H3,(H,18,19). The van der Waals surface area contributed by atoms with Gasteiger partial charge in [-0.3, -0.25) is 9.69 Å². The maximum atomic E-state index is 11.1. The molecule has 0 radical (unpaired) electrons. The van der Waals surface area contributed by atoms with Crippen molar-refractivity contribution in [2.45, 2.75) is 25.4 Å². The van der Waals surface area contributed by atoms with Crippen molar-refractivity contribution in [1.29, 1.82) is 0 Å². The van der Waals surface area contributed by atoms with E-state index < -0.39 is 11.5 Å². The normalized spacial score (nSPS) is 22.9. The zero-order valence-corrected chi connectivity index (χ0v) is 12.2. The molecule has 20 heavy (non-hydrogen) atoms. The summed E-state index contributed by atoms with van der Waals surface area (Å²) in [6.45, 7) is 4.14. The molecule has 0 spiro atoms. The molecule has 0 aromatic heterocycles. The molecule has 1 atom stereocenters. The molecule has 1 aliphatic heterocycles. The van der Waals surface area contributed by atoms with Gasteiger partial charge in [-0.15, -0.1) is 0 Å². The number of nitrogens with zero attached hydrogens (tertiary/aromatic N) is 1. The molecule has 1 aliphatic rings. The Bertz CT molecular complexity index is 509. The molecule has 1 aromatic carbocycles. The van der Waals surface area contributed by atoms with E-state index in [-0.39, 0.29) is 0 Å². The van der Waals surface area contributed by atoms with Gasteiger partial charge in [-0.2, -0.15) is 0 Å². The number of carbonyl (C=O) groups is 1. The van der Waals surface area contributed by atoms with Crippen LogP contribution in [-0.2, 0) is 11.3 Å². The van der Waals surface area contributed by atoms with Crippen molar-refractivity contribution >= 4 is 17.6 Å². The van der Waals surface area contributed by atoms with Gasteiger partial charge in [0, 0.05) is 19.6 Å². The van der Waals surface area contributed by atoms with E-state index in [1.807, 2.05) is 30.0 Å². The van der Waals surface area contributed by atoms with Crippen LogP contribution in [0.2, 0.25) is 5.02 Å². The Labute approximate surface area is 123 Å². The molecule has 0 aliphatic carbocycles. The summed E-state index contributed by atoms with van der Waals surface area (Å²) >= 11 is 6.14. The number of ether oxygens (including phenoxy) is 1. The predicted octanol–water partition coefficient (Wildman–Crippen LogP) is 1.73. The number of hydrogen-bond acceptors (Lipinski definition) is 4. The summed E-state index contributed by atoms with van der Waals surface area (Å²) in [6.07, 6.45) is 0.465. The highest BCUT2D eigenvalue weighted by atomic mass is 35.5. The summed E-state index contributed by atoms with van der Waals surface area (Å²) in [5.41, 5.74) is 5.74. The van der Waals surface area contributed by atoms with Crippen LogP contribution in [0, 0.1) is 0 Å². The Hall–Kier alpha value is -1.30. The molecule has 1 aromatic rings. The van der Waals surface area contributed by atoms with Crippen LogP contribution >= 0.6 is 11.6 Å². The first kappa shape index (κ1) is 15.1. The van der Waals surface area contributed by atoms with Gasteiger partial charge < -0.3 is 15.6 Å². The zero-order valence-electron chi connectivity index (χ0n) is 11.4. The molecule has 110 valence electrons. The van der Waals surface area contributed by atoms with E-state index in [0.717, 1.165) is 5.56 Å². The average molecular weight is 299 g/mol. The highest BCUT2D eigenvalue weighted by Crippen LogP contribution is 2.27. The summed E-state index contributed by atoms with van der Waals surface area (Å²) in [6, 6.07) is 5.63. The second-order valence-corrected chi connectivity index (χ2v) is 5.53. The smallest absolute Gasteiger partial charge is 0.325 e. The van der Waals surface area contributed by atoms with Gasteiger partial charge in [-0.05, 0) is 31.0 Å². The SMILES string of the molecule is CCOc1ccc(CN2CCC(N)(C(=O)O)C2)cc1Cl. The number of benzene rings is 1. The molecule has 3 N–H and O–H groups in total. The minimum Gasteiger partial charge on any atom is -0.492 e. The number of hydrogen-bond donors (Lipinski definition) is 2. The molecule has 1 saturated heterocycles. The first-order valence-corrected chi connectivity index (χ1v) is 6.98. The van der Waals surface area contributed by atoms with Gasteiger partial charge in [0.1, 0.15) is 11.3 Å². The molecular formula is C14H19ClN2O3. The Kier molecular flexibility index (Phi) is 4.52. The number of likely N-dealkylation sites (tertiary alicyclic amines) is 1. The number of nitrogens with two attached hydrogens (primary N) is 1. The average Bonchev–Trinajstić information content (AvgIpc) is 2.76. The highest BCUT2D eigenvalue weighted by molar-refractivity contribution is 6.32. The fourth-order valence-corrected chi connectivity index (χ4v) is 2.66. The second-order valence-electron chi connectivity index (χ2n) is 5.12. The van der Waals surface area contributed by atoms with E-state index in [1.165, 1.54) is 0 Å². The number of carboxylic acids is 1. The van der Waals surface area contributed by atoms with Crippen LogP contribution in [0.3, 0.4) is 0 Å². The molecule has 1 heterocycles. The lowest BCUT2D eigenvalue weighted by Crippen LogP contribution is -2.50. The van der Waals surface area contributed by atoms with Gasteiger partial charge in [0.05, 0.1) is 11.6 Å². The number of aliphatic carboxylic acids is 1. The van der Waals surface area contributed by atoms with Crippen LogP contribution in [0.25, 0.3) is 0 Å². The first-order chi connectivity index (χ1) is 9.44. The van der Waals surface area contributed by atoms with Gasteiger partial charge in [0.2, 0.25) is 0 Å². The van der Waals surface area contributed by atoms with Crippen molar-refractivity contribution in [3.05, 3.63) is 28.8 Å². The lowest BCUT2D eigenvalue weighted by molar-refractivity contribution is -0.142. The van der Waals surface area contributed by atoms with Crippen LogP contribution in [0.1, 0.15) is 18.9 Å². The summed E-state index contributed by atoms with van der Waals surface area (Å²) in [5.74, 6) is -0.275. The molecule has 6 heteroatoms. The van der Waals surface area contributed by atoms with Crippen molar-refractivity contribution in [3.8, 4) is 5.75 Å². The van der Waals surface area contributed by atoms with Gasteiger partial charge in [0.15, 0.2) is 0 Å². The van der Waals surface area contributed by atoms with Crippen LogP contribution in [0.5, 0.6) is 5.75 Å². The van der Waals surface area contributed by atoms with E-state index in [0.29, 0.717) is 43.4 Å². The van der Waals surface area contributed by atoms with E-state index in [9.17, 15) is 4.79 Å². The molecular weight excluding hydrogens is 280 g/mol. The van der Waals surface area contributed by atoms with Crippen molar-refractivity contribution in [3.63, 3.8) is 0 Å². The summed E-state index contributed by atoms with van der Waals surface area (Å²) in [4.78, 5) is 13.1. The number of rotatable bonds is 5. The fourth-order valence-electron chi connectivity index (χ4n) is 2.40. The van der Waals surface area contributed by atoms with Crippen molar-refractivity contribution in [1.82, 2.24) is 4.90 Å². The first-order valence-electron chi connectivity index (χ1n) is 6.60. The summed E-state index contributed by atoms with van der Waals surface area (Å²) < 4.78 is 5.38. The Balaban J connectivity index is 2.01. The van der Waals surface area contributed by atoms with E-state index >= 15 is 0 Å². The van der Waals surface area contributed by atoms with Gasteiger partial charge in [-0.25, -0.2) is 0 Å². The third kappa shape index (κ3) is 3.23. The molecule has 0 amide bonds. The van der Waals surface area contributed by atoms with Gasteiger partial charge in [-0.1, -0.05) is 17.7 Å². The number of halogens is 1. The highest BCUT2D eigenvalue weighted by Gasteiger charge is 2.41. The topological polar surface area (TPSA) is 75.8 Å². The monoisotopic (exact) mass is 298 g/mol. The quantitative estimate of drug-likeness (QED) is 0.866. The van der Waals surface area contributed by atoms with Crippen molar-refractivity contribution in [2.24, 2.45) is 5.73 Å². The lowest BCUT2D eigenvalue weighted by atomic mass is 10.0. The third-order valence-corrected chi connectivity index (χ3v) is 3.80. The minimum absolute atomic E-state index is 0.354. The third-order valence-electron chi connectivity index (χ3n) is 3.51. The molecule has 1 unspecified atom stereocenters. The maximum Gasteiger partial charge on any atom is 0.325 e. The minimum atomic E-state index is -1.13. The van der Waals surface area contributed by atoms with Crippen LogP contribution in [0.4, 0.5) is 0 Å². The molecule has 0 saturated carbocycles. The summed E-state index contributed by atoms with van der Waals surface area (Å²) in [5, 5.41) is 9.68.